The summed E-state index contributed by atoms with van der Waals surface area (Å²) in [6.45, 7) is 1.61. The largest absolute Gasteiger partial charge is 0.489 e. The molecule has 2 aliphatic heterocycles. The first-order chi connectivity index (χ1) is 14.3. The molecule has 1 fully saturated rings. The molecule has 0 amide bonds. The Morgan fingerprint density at radius 1 is 0.862 bits per heavy atom. The highest BCUT2D eigenvalue weighted by atomic mass is 16.5. The van der Waals surface area contributed by atoms with E-state index in [9.17, 15) is 5.11 Å². The summed E-state index contributed by atoms with van der Waals surface area (Å²) in [4.78, 5) is 2.59. The number of aliphatic hydroxyl groups excluding tert-OH is 1. The van der Waals surface area contributed by atoms with Gasteiger partial charge >= 0.3 is 0 Å². The predicted octanol–water partition coefficient (Wildman–Crippen LogP) is 5.06. The van der Waals surface area contributed by atoms with Crippen molar-refractivity contribution in [2.24, 2.45) is 0 Å². The van der Waals surface area contributed by atoms with Crippen molar-refractivity contribution in [2.75, 3.05) is 6.54 Å². The van der Waals surface area contributed by atoms with Crippen molar-refractivity contribution >= 4 is 0 Å². The maximum Gasteiger partial charge on any atom is 0.120 e. The van der Waals surface area contributed by atoms with Gasteiger partial charge in [-0.15, -0.1) is 0 Å². The summed E-state index contributed by atoms with van der Waals surface area (Å²) in [7, 11) is 0. The van der Waals surface area contributed by atoms with E-state index >= 15 is 0 Å². The van der Waals surface area contributed by atoms with E-state index in [2.05, 4.69) is 65.6 Å². The molecule has 1 N–H and O–H groups in total. The summed E-state index contributed by atoms with van der Waals surface area (Å²) in [5.41, 5.74) is 5.18. The Kier molecular flexibility index (Phi) is 5.09. The second-order valence-electron chi connectivity index (χ2n) is 8.19. The number of hydrogen-bond donors (Lipinski definition) is 1. The Morgan fingerprint density at radius 3 is 2.38 bits per heavy atom. The normalized spacial score (nSPS) is 23.8. The molecule has 3 heteroatoms. The van der Waals surface area contributed by atoms with Crippen LogP contribution in [0.15, 0.2) is 78.9 Å². The van der Waals surface area contributed by atoms with Gasteiger partial charge in [-0.3, -0.25) is 4.90 Å². The zero-order chi connectivity index (χ0) is 19.6. The number of ether oxygens (including phenoxy) is 1. The van der Waals surface area contributed by atoms with Gasteiger partial charge in [0.25, 0.3) is 0 Å². The molecule has 1 saturated heterocycles. The molecular weight excluding hydrogens is 358 g/mol. The molecule has 29 heavy (non-hydrogen) atoms. The third kappa shape index (κ3) is 3.81. The lowest BCUT2D eigenvalue weighted by molar-refractivity contribution is -0.00684. The van der Waals surface area contributed by atoms with Gasteiger partial charge in [0.15, 0.2) is 0 Å². The number of piperidine rings is 1. The fourth-order valence-corrected chi connectivity index (χ4v) is 4.91. The van der Waals surface area contributed by atoms with Crippen molar-refractivity contribution in [3.05, 3.63) is 101 Å². The van der Waals surface area contributed by atoms with Crippen molar-refractivity contribution in [1.82, 2.24) is 4.90 Å². The second kappa shape index (κ2) is 8.02. The van der Waals surface area contributed by atoms with Crippen molar-refractivity contribution in [3.63, 3.8) is 0 Å². The molecule has 5 rings (SSSR count). The summed E-state index contributed by atoms with van der Waals surface area (Å²) in [6, 6.07) is 27.9. The van der Waals surface area contributed by atoms with Crippen LogP contribution >= 0.6 is 0 Å². The lowest BCUT2D eigenvalue weighted by Crippen LogP contribution is -2.44. The van der Waals surface area contributed by atoms with Crippen LogP contribution < -0.4 is 4.74 Å². The third-order valence-electron chi connectivity index (χ3n) is 6.34. The molecule has 3 aromatic carbocycles. The van der Waals surface area contributed by atoms with Crippen LogP contribution in [0.2, 0.25) is 0 Å². The Labute approximate surface area is 172 Å². The van der Waals surface area contributed by atoms with Crippen molar-refractivity contribution in [2.45, 2.75) is 44.1 Å². The van der Waals surface area contributed by atoms with E-state index < -0.39 is 0 Å². The van der Waals surface area contributed by atoms with Crippen LogP contribution in [-0.4, -0.2) is 22.7 Å². The zero-order valence-corrected chi connectivity index (χ0v) is 16.6. The lowest BCUT2D eigenvalue weighted by Gasteiger charge is -2.47. The van der Waals surface area contributed by atoms with Gasteiger partial charge in [0.1, 0.15) is 12.4 Å². The van der Waals surface area contributed by atoms with Gasteiger partial charge in [0.2, 0.25) is 0 Å². The van der Waals surface area contributed by atoms with E-state index in [-0.39, 0.29) is 18.2 Å². The van der Waals surface area contributed by atoms with E-state index in [1.54, 1.807) is 0 Å². The Bertz CT molecular complexity index is 957. The first kappa shape index (κ1) is 18.4. The number of aliphatic hydroxyl groups is 1. The van der Waals surface area contributed by atoms with Crippen LogP contribution in [0.1, 0.15) is 47.2 Å². The molecule has 3 nitrogen and oxygen atoms in total. The number of nitrogens with zero attached hydrogens (tertiary/aromatic N) is 1. The number of benzene rings is 3. The van der Waals surface area contributed by atoms with Crippen LogP contribution in [0.3, 0.4) is 0 Å². The fraction of sp³-hybridized carbons (Fsp3) is 0.308. The maximum atomic E-state index is 10.7. The molecule has 148 valence electrons. The molecule has 2 heterocycles. The molecule has 3 atom stereocenters. The third-order valence-corrected chi connectivity index (χ3v) is 6.34. The predicted molar refractivity (Wildman–Crippen MR) is 115 cm³/mol. The minimum atomic E-state index is -0.277. The van der Waals surface area contributed by atoms with E-state index in [1.807, 2.05) is 18.2 Å². The molecule has 0 aromatic heterocycles. The van der Waals surface area contributed by atoms with Crippen molar-refractivity contribution in [3.8, 4) is 5.75 Å². The number of fused-ring (bicyclic) bond motifs is 3. The average Bonchev–Trinajstić information content (AvgIpc) is 2.78. The molecule has 0 unspecified atom stereocenters. The highest BCUT2D eigenvalue weighted by molar-refractivity contribution is 5.40. The SMILES string of the molecule is O[C@@H]1C[C@@H](c2ccccc2)N2CCc3ccc(OCc4ccccc4)cc3[C@@H]2C1. The Hall–Kier alpha value is -2.62. The van der Waals surface area contributed by atoms with E-state index in [0.29, 0.717) is 6.61 Å². The van der Waals surface area contributed by atoms with Crippen molar-refractivity contribution < 1.29 is 9.84 Å². The summed E-state index contributed by atoms with van der Waals surface area (Å²) in [5.74, 6) is 0.908. The van der Waals surface area contributed by atoms with E-state index in [0.717, 1.165) is 31.6 Å². The van der Waals surface area contributed by atoms with E-state index in [4.69, 9.17) is 4.74 Å². The second-order valence-corrected chi connectivity index (χ2v) is 8.19. The van der Waals surface area contributed by atoms with Gasteiger partial charge in [-0.1, -0.05) is 66.7 Å². The Balaban J connectivity index is 1.41. The van der Waals surface area contributed by atoms with E-state index in [1.165, 1.54) is 22.3 Å². The Morgan fingerprint density at radius 2 is 1.59 bits per heavy atom. The minimum Gasteiger partial charge on any atom is -0.489 e. The molecule has 0 spiro atoms. The van der Waals surface area contributed by atoms with Crippen LogP contribution in [0.25, 0.3) is 0 Å². The van der Waals surface area contributed by atoms with Gasteiger partial charge in [-0.25, -0.2) is 0 Å². The van der Waals surface area contributed by atoms with Gasteiger partial charge in [0.05, 0.1) is 6.10 Å². The average molecular weight is 386 g/mol. The lowest BCUT2D eigenvalue weighted by atomic mass is 9.81. The monoisotopic (exact) mass is 385 g/mol. The molecular formula is C26H27NO2. The first-order valence-corrected chi connectivity index (χ1v) is 10.6. The minimum absolute atomic E-state index is 0.244. The highest BCUT2D eigenvalue weighted by Crippen LogP contribution is 2.45. The van der Waals surface area contributed by atoms with Gasteiger partial charge in [-0.2, -0.15) is 0 Å². The maximum absolute atomic E-state index is 10.7. The number of rotatable bonds is 4. The first-order valence-electron chi connectivity index (χ1n) is 10.6. The highest BCUT2D eigenvalue weighted by Gasteiger charge is 2.39. The summed E-state index contributed by atoms with van der Waals surface area (Å²) >= 11 is 0. The molecule has 0 radical (unpaired) electrons. The van der Waals surface area contributed by atoms with Gasteiger partial charge in [-0.05, 0) is 53.6 Å². The van der Waals surface area contributed by atoms with Crippen LogP contribution in [-0.2, 0) is 13.0 Å². The fourth-order valence-electron chi connectivity index (χ4n) is 4.91. The summed E-state index contributed by atoms with van der Waals surface area (Å²) in [5, 5.41) is 10.7. The zero-order valence-electron chi connectivity index (χ0n) is 16.6. The number of hydrogen-bond acceptors (Lipinski definition) is 3. The quantitative estimate of drug-likeness (QED) is 0.681. The molecule has 2 aliphatic rings. The molecule has 0 aliphatic carbocycles. The van der Waals surface area contributed by atoms with Crippen LogP contribution in [0.4, 0.5) is 0 Å². The van der Waals surface area contributed by atoms with Gasteiger partial charge in [0, 0.05) is 18.6 Å². The molecule has 3 aromatic rings. The molecule has 0 saturated carbocycles. The van der Waals surface area contributed by atoms with Gasteiger partial charge < -0.3 is 9.84 Å². The summed E-state index contributed by atoms with van der Waals surface area (Å²) in [6.07, 6.45) is 2.37. The molecule has 0 bridgehead atoms. The van der Waals surface area contributed by atoms with Crippen molar-refractivity contribution in [1.29, 1.82) is 0 Å². The van der Waals surface area contributed by atoms with Crippen LogP contribution in [0, 0.1) is 0 Å². The van der Waals surface area contributed by atoms with Crippen LogP contribution in [0.5, 0.6) is 5.75 Å². The topological polar surface area (TPSA) is 32.7 Å². The standard InChI is InChI=1S/C26H27NO2/c28-22-15-25(21-9-5-2-6-10-21)27-14-13-20-11-12-23(17-24(20)26(27)16-22)29-18-19-7-3-1-4-8-19/h1-12,17,22,25-26,28H,13-16,18H2/t22-,25+,26+/m1/s1. The smallest absolute Gasteiger partial charge is 0.120 e. The summed E-state index contributed by atoms with van der Waals surface area (Å²) < 4.78 is 6.10.